The van der Waals surface area contributed by atoms with Gasteiger partial charge in [0.2, 0.25) is 0 Å². The summed E-state index contributed by atoms with van der Waals surface area (Å²) in [4.78, 5) is 0. The third-order valence-electron chi connectivity index (χ3n) is 4.24. The molecule has 0 fully saturated rings. The monoisotopic (exact) mass is 374 g/mol. The average molecular weight is 374 g/mol. The van der Waals surface area contributed by atoms with E-state index in [4.69, 9.17) is 0 Å². The number of thiophene rings is 1. The Morgan fingerprint density at radius 2 is 2.00 bits per heavy atom. The lowest BCUT2D eigenvalue weighted by atomic mass is 10.2. The van der Waals surface area contributed by atoms with E-state index in [1.165, 1.54) is 17.8 Å². The number of sulfonamides is 1. The summed E-state index contributed by atoms with van der Waals surface area (Å²) in [5.74, 6) is 1.81. The summed E-state index contributed by atoms with van der Waals surface area (Å²) in [6.07, 6.45) is 4.39. The number of hydrogen-bond acceptors (Lipinski definition) is 5. The second kappa shape index (κ2) is 6.61. The zero-order chi connectivity index (χ0) is 17.3. The van der Waals surface area contributed by atoms with Crippen molar-refractivity contribution in [2.75, 3.05) is 4.72 Å². The Balaban J connectivity index is 1.66. The Morgan fingerprint density at radius 3 is 2.84 bits per heavy atom. The molecular formula is C17H18N4O2S2. The van der Waals surface area contributed by atoms with Crippen LogP contribution in [0.25, 0.3) is 11.4 Å². The molecule has 2 aromatic heterocycles. The predicted molar refractivity (Wildman–Crippen MR) is 98.1 cm³/mol. The molecule has 0 saturated carbocycles. The number of fused-ring (bicyclic) bond motifs is 1. The summed E-state index contributed by atoms with van der Waals surface area (Å²) in [7, 11) is -3.55. The van der Waals surface area contributed by atoms with E-state index < -0.39 is 10.0 Å². The minimum atomic E-state index is -3.55. The van der Waals surface area contributed by atoms with Gasteiger partial charge in [-0.15, -0.1) is 21.5 Å². The van der Waals surface area contributed by atoms with Gasteiger partial charge in [-0.2, -0.15) is 0 Å². The minimum absolute atomic E-state index is 0.300. The second-order valence-corrected chi connectivity index (χ2v) is 8.88. The third kappa shape index (κ3) is 3.32. The highest BCUT2D eigenvalue weighted by Gasteiger charge is 2.18. The molecule has 25 heavy (non-hydrogen) atoms. The van der Waals surface area contributed by atoms with E-state index in [-0.39, 0.29) is 0 Å². The molecular weight excluding hydrogens is 356 g/mol. The van der Waals surface area contributed by atoms with Crippen molar-refractivity contribution in [2.45, 2.75) is 36.4 Å². The van der Waals surface area contributed by atoms with Crippen LogP contribution in [0.4, 0.5) is 5.69 Å². The lowest BCUT2D eigenvalue weighted by Crippen LogP contribution is -2.11. The van der Waals surface area contributed by atoms with Crippen molar-refractivity contribution >= 4 is 27.0 Å². The molecule has 1 N–H and O–H groups in total. The van der Waals surface area contributed by atoms with Crippen LogP contribution in [0.15, 0.2) is 46.0 Å². The van der Waals surface area contributed by atoms with Gasteiger partial charge in [0, 0.05) is 24.2 Å². The summed E-state index contributed by atoms with van der Waals surface area (Å²) in [5.41, 5.74) is 1.39. The number of hydrogen-bond donors (Lipinski definition) is 1. The van der Waals surface area contributed by atoms with Crippen LogP contribution in [0.5, 0.6) is 0 Å². The van der Waals surface area contributed by atoms with E-state index in [2.05, 4.69) is 19.5 Å². The van der Waals surface area contributed by atoms with Crippen molar-refractivity contribution in [3.63, 3.8) is 0 Å². The van der Waals surface area contributed by atoms with E-state index in [9.17, 15) is 8.42 Å². The van der Waals surface area contributed by atoms with Gasteiger partial charge in [0.15, 0.2) is 5.82 Å². The van der Waals surface area contributed by atoms with Gasteiger partial charge in [-0.1, -0.05) is 24.6 Å². The molecule has 1 aliphatic heterocycles. The molecule has 8 heteroatoms. The van der Waals surface area contributed by atoms with Gasteiger partial charge >= 0.3 is 0 Å². The first-order valence-corrected chi connectivity index (χ1v) is 10.6. The molecule has 0 amide bonds. The molecule has 0 unspecified atom stereocenters. The molecule has 130 valence electrons. The highest BCUT2D eigenvalue weighted by atomic mass is 32.2. The van der Waals surface area contributed by atoms with Crippen molar-refractivity contribution in [1.82, 2.24) is 14.8 Å². The minimum Gasteiger partial charge on any atom is -0.311 e. The number of nitrogens with one attached hydrogen (secondary N) is 1. The quantitative estimate of drug-likeness (QED) is 0.758. The Bertz CT molecular complexity index is 978. The van der Waals surface area contributed by atoms with Crippen LogP contribution < -0.4 is 4.72 Å². The number of anilines is 1. The van der Waals surface area contributed by atoms with Crippen LogP contribution in [0.1, 0.15) is 25.1 Å². The zero-order valence-electron chi connectivity index (χ0n) is 13.6. The Morgan fingerprint density at radius 1 is 1.08 bits per heavy atom. The van der Waals surface area contributed by atoms with Gasteiger partial charge in [0.1, 0.15) is 10.0 Å². The normalized spacial score (nSPS) is 14.7. The SMILES string of the molecule is O=S(=O)(Nc1cccc(-c2nnc3n2CCCCC3)c1)c1cccs1. The molecule has 0 bridgehead atoms. The standard InChI is InChI=1S/C17H18N4O2S2/c22-25(23,16-9-5-11-24-16)20-14-7-4-6-13(12-14)17-19-18-15-8-2-1-3-10-21(15)17/h4-7,9,11-12,20H,1-3,8,10H2. The highest BCUT2D eigenvalue weighted by Crippen LogP contribution is 2.26. The second-order valence-electron chi connectivity index (χ2n) is 6.02. The molecule has 6 nitrogen and oxygen atoms in total. The average Bonchev–Trinajstić information content (AvgIpc) is 3.21. The third-order valence-corrected chi connectivity index (χ3v) is 7.02. The van der Waals surface area contributed by atoms with E-state index in [1.54, 1.807) is 23.6 Å². The molecule has 0 aliphatic carbocycles. The lowest BCUT2D eigenvalue weighted by molar-refractivity contribution is 0.603. The van der Waals surface area contributed by atoms with E-state index >= 15 is 0 Å². The fourth-order valence-corrected chi connectivity index (χ4v) is 5.08. The van der Waals surface area contributed by atoms with Gasteiger partial charge in [0.25, 0.3) is 10.0 Å². The summed E-state index contributed by atoms with van der Waals surface area (Å²) >= 11 is 1.20. The van der Waals surface area contributed by atoms with Gasteiger partial charge in [-0.05, 0) is 36.4 Å². The van der Waals surface area contributed by atoms with Crippen molar-refractivity contribution in [3.05, 3.63) is 47.6 Å². The number of aromatic nitrogens is 3. The summed E-state index contributed by atoms with van der Waals surface area (Å²) in [5, 5.41) is 10.4. The van der Waals surface area contributed by atoms with Crippen LogP contribution in [-0.4, -0.2) is 23.2 Å². The van der Waals surface area contributed by atoms with Crippen molar-refractivity contribution in [3.8, 4) is 11.4 Å². The molecule has 0 saturated heterocycles. The van der Waals surface area contributed by atoms with Gasteiger partial charge < -0.3 is 4.57 Å². The van der Waals surface area contributed by atoms with Crippen LogP contribution >= 0.6 is 11.3 Å². The number of rotatable bonds is 4. The fourth-order valence-electron chi connectivity index (χ4n) is 3.04. The topological polar surface area (TPSA) is 76.9 Å². The molecule has 1 aliphatic rings. The maximum Gasteiger partial charge on any atom is 0.271 e. The van der Waals surface area contributed by atoms with E-state index in [0.29, 0.717) is 9.90 Å². The first-order valence-electron chi connectivity index (χ1n) is 8.22. The van der Waals surface area contributed by atoms with Gasteiger partial charge in [0.05, 0.1) is 0 Å². The molecule has 3 aromatic rings. The van der Waals surface area contributed by atoms with Crippen molar-refractivity contribution in [1.29, 1.82) is 0 Å². The predicted octanol–water partition coefficient (Wildman–Crippen LogP) is 3.53. The first-order chi connectivity index (χ1) is 12.1. The van der Waals surface area contributed by atoms with Crippen LogP contribution in [0.2, 0.25) is 0 Å². The van der Waals surface area contributed by atoms with Crippen LogP contribution in [-0.2, 0) is 23.0 Å². The maximum absolute atomic E-state index is 12.4. The summed E-state index contributed by atoms with van der Waals surface area (Å²) in [6, 6.07) is 10.6. The van der Waals surface area contributed by atoms with Crippen molar-refractivity contribution < 1.29 is 8.42 Å². The zero-order valence-corrected chi connectivity index (χ0v) is 15.2. The van der Waals surface area contributed by atoms with E-state index in [0.717, 1.165) is 43.0 Å². The molecule has 0 spiro atoms. The number of aryl methyl sites for hydroxylation is 1. The van der Waals surface area contributed by atoms with Crippen LogP contribution in [0, 0.1) is 0 Å². The van der Waals surface area contributed by atoms with Crippen LogP contribution in [0.3, 0.4) is 0 Å². The summed E-state index contributed by atoms with van der Waals surface area (Å²) < 4.78 is 29.9. The van der Waals surface area contributed by atoms with E-state index in [1.807, 2.05) is 18.2 Å². The summed E-state index contributed by atoms with van der Waals surface area (Å²) in [6.45, 7) is 0.906. The van der Waals surface area contributed by atoms with Gasteiger partial charge in [-0.25, -0.2) is 8.42 Å². The number of nitrogens with zero attached hydrogens (tertiary/aromatic N) is 3. The highest BCUT2D eigenvalue weighted by molar-refractivity contribution is 7.94. The smallest absolute Gasteiger partial charge is 0.271 e. The maximum atomic E-state index is 12.4. The molecule has 1 aromatic carbocycles. The molecule has 0 radical (unpaired) electrons. The fraction of sp³-hybridized carbons (Fsp3) is 0.294. The largest absolute Gasteiger partial charge is 0.311 e. The van der Waals surface area contributed by atoms with Gasteiger partial charge in [-0.3, -0.25) is 4.72 Å². The first kappa shape index (κ1) is 16.3. The van der Waals surface area contributed by atoms with Crippen molar-refractivity contribution in [2.24, 2.45) is 0 Å². The Labute approximate surface area is 150 Å². The number of benzene rings is 1. The molecule has 0 atom stereocenters. The molecule has 3 heterocycles. The molecule has 4 rings (SSSR count). The lowest BCUT2D eigenvalue weighted by Gasteiger charge is -2.10. The Hall–Kier alpha value is -2.19. The Kier molecular flexibility index (Phi) is 4.30.